The normalized spacial score (nSPS) is 12.5. The summed E-state index contributed by atoms with van der Waals surface area (Å²) in [5, 5.41) is 18.1. The Labute approximate surface area is 113 Å². The van der Waals surface area contributed by atoms with Gasteiger partial charge in [-0.2, -0.15) is 5.21 Å². The van der Waals surface area contributed by atoms with Gasteiger partial charge >= 0.3 is 0 Å². The van der Waals surface area contributed by atoms with Crippen molar-refractivity contribution in [2.75, 3.05) is 5.32 Å². The lowest BCUT2D eigenvalue weighted by Crippen LogP contribution is -2.10. The number of nitrogens with one attached hydrogen (secondary N) is 2. The van der Waals surface area contributed by atoms with E-state index in [2.05, 4.69) is 35.9 Å². The maximum Gasteiger partial charge on any atom is 0.224 e. The van der Waals surface area contributed by atoms with Crippen molar-refractivity contribution in [3.8, 4) is 0 Å². The Bertz CT molecular complexity index is 697. The lowest BCUT2D eigenvalue weighted by molar-refractivity contribution is 0.789. The topological polar surface area (TPSA) is 92.3 Å². The molecule has 0 spiro atoms. The molecule has 0 amide bonds. The van der Waals surface area contributed by atoms with E-state index in [0.29, 0.717) is 11.6 Å². The maximum absolute atomic E-state index is 5.92. The SMILES string of the molecule is CC(Nc1nc(Cl)nc2ccccc12)c1nn[nH]n1. The number of H-pyrrole nitrogens is 1. The molecule has 0 radical (unpaired) electrons. The van der Waals surface area contributed by atoms with Gasteiger partial charge in [0.2, 0.25) is 5.28 Å². The summed E-state index contributed by atoms with van der Waals surface area (Å²) in [6, 6.07) is 7.49. The van der Waals surface area contributed by atoms with Crippen molar-refractivity contribution in [2.24, 2.45) is 0 Å². The molecule has 3 rings (SSSR count). The van der Waals surface area contributed by atoms with Crippen molar-refractivity contribution in [3.05, 3.63) is 35.4 Å². The standard InChI is InChI=1S/C11H10ClN7/c1-6(9-16-18-19-17-9)13-10-7-4-2-3-5-8(7)14-11(12)15-10/h2-6H,1H3,(H,13,14,15)(H,16,17,18,19). The summed E-state index contributed by atoms with van der Waals surface area (Å²) < 4.78 is 0. The third-order valence-corrected chi connectivity index (χ3v) is 2.85. The van der Waals surface area contributed by atoms with Crippen LogP contribution in [0.25, 0.3) is 10.9 Å². The lowest BCUT2D eigenvalue weighted by Gasteiger charge is -2.12. The highest BCUT2D eigenvalue weighted by atomic mass is 35.5. The van der Waals surface area contributed by atoms with Gasteiger partial charge in [-0.05, 0) is 30.7 Å². The largest absolute Gasteiger partial charge is 0.360 e. The van der Waals surface area contributed by atoms with Gasteiger partial charge in [-0.15, -0.1) is 10.2 Å². The highest BCUT2D eigenvalue weighted by Gasteiger charge is 2.13. The van der Waals surface area contributed by atoms with E-state index in [9.17, 15) is 0 Å². The van der Waals surface area contributed by atoms with Crippen molar-refractivity contribution in [1.29, 1.82) is 0 Å². The first-order chi connectivity index (χ1) is 9.24. The first-order valence-electron chi connectivity index (χ1n) is 5.66. The van der Waals surface area contributed by atoms with E-state index in [-0.39, 0.29) is 11.3 Å². The number of halogens is 1. The lowest BCUT2D eigenvalue weighted by atomic mass is 10.2. The van der Waals surface area contributed by atoms with Gasteiger partial charge in [0.25, 0.3) is 0 Å². The Morgan fingerprint density at radius 1 is 1.26 bits per heavy atom. The summed E-state index contributed by atoms with van der Waals surface area (Å²) in [7, 11) is 0. The van der Waals surface area contributed by atoms with Crippen molar-refractivity contribution in [1.82, 2.24) is 30.6 Å². The molecule has 96 valence electrons. The van der Waals surface area contributed by atoms with Crippen LogP contribution in [-0.2, 0) is 0 Å². The molecule has 7 nitrogen and oxygen atoms in total. The van der Waals surface area contributed by atoms with Crippen molar-refractivity contribution < 1.29 is 0 Å². The van der Waals surface area contributed by atoms with Crippen molar-refractivity contribution >= 4 is 28.3 Å². The Morgan fingerprint density at radius 2 is 2.11 bits per heavy atom. The molecule has 0 aliphatic heterocycles. The minimum atomic E-state index is -0.145. The summed E-state index contributed by atoms with van der Waals surface area (Å²) >= 11 is 5.92. The van der Waals surface area contributed by atoms with Crippen LogP contribution in [-0.4, -0.2) is 30.6 Å². The molecule has 1 atom stereocenters. The molecular formula is C11H10ClN7. The van der Waals surface area contributed by atoms with Crippen LogP contribution >= 0.6 is 11.6 Å². The van der Waals surface area contributed by atoms with Crippen LogP contribution in [0.5, 0.6) is 0 Å². The van der Waals surface area contributed by atoms with Gasteiger partial charge in [0.15, 0.2) is 5.82 Å². The van der Waals surface area contributed by atoms with Gasteiger partial charge < -0.3 is 5.32 Å². The minimum absolute atomic E-state index is 0.145. The van der Waals surface area contributed by atoms with Gasteiger partial charge in [0.1, 0.15) is 5.82 Å². The molecule has 1 unspecified atom stereocenters. The number of aromatic amines is 1. The van der Waals surface area contributed by atoms with Crippen LogP contribution in [0.3, 0.4) is 0 Å². The fourth-order valence-electron chi connectivity index (χ4n) is 1.78. The van der Waals surface area contributed by atoms with E-state index in [1.54, 1.807) is 0 Å². The summed E-state index contributed by atoms with van der Waals surface area (Å²) in [6.45, 7) is 1.91. The molecule has 0 aliphatic rings. The van der Waals surface area contributed by atoms with Gasteiger partial charge in [0, 0.05) is 5.39 Å². The molecule has 0 bridgehead atoms. The van der Waals surface area contributed by atoms with Crippen LogP contribution < -0.4 is 5.32 Å². The second kappa shape index (κ2) is 4.77. The van der Waals surface area contributed by atoms with Crippen LogP contribution in [0.2, 0.25) is 5.28 Å². The van der Waals surface area contributed by atoms with E-state index < -0.39 is 0 Å². The van der Waals surface area contributed by atoms with Crippen LogP contribution in [0.15, 0.2) is 24.3 Å². The zero-order valence-electron chi connectivity index (χ0n) is 10.0. The number of fused-ring (bicyclic) bond motifs is 1. The summed E-state index contributed by atoms with van der Waals surface area (Å²) in [6.07, 6.45) is 0. The Balaban J connectivity index is 2.00. The van der Waals surface area contributed by atoms with Gasteiger partial charge in [-0.3, -0.25) is 0 Å². The third-order valence-electron chi connectivity index (χ3n) is 2.68. The minimum Gasteiger partial charge on any atom is -0.360 e. The Morgan fingerprint density at radius 3 is 2.89 bits per heavy atom. The number of hydrogen-bond acceptors (Lipinski definition) is 6. The van der Waals surface area contributed by atoms with Gasteiger partial charge in [-0.25, -0.2) is 9.97 Å². The molecule has 19 heavy (non-hydrogen) atoms. The first-order valence-corrected chi connectivity index (χ1v) is 6.04. The maximum atomic E-state index is 5.92. The van der Waals surface area contributed by atoms with Crippen LogP contribution in [0.1, 0.15) is 18.8 Å². The fourth-order valence-corrected chi connectivity index (χ4v) is 1.96. The molecule has 0 saturated carbocycles. The number of tetrazole rings is 1. The number of aromatic nitrogens is 6. The van der Waals surface area contributed by atoms with Gasteiger partial charge in [-0.1, -0.05) is 17.3 Å². The molecule has 2 N–H and O–H groups in total. The Hall–Kier alpha value is -2.28. The summed E-state index contributed by atoms with van der Waals surface area (Å²) in [4.78, 5) is 8.38. The highest BCUT2D eigenvalue weighted by molar-refractivity contribution is 6.28. The van der Waals surface area contributed by atoms with Gasteiger partial charge in [0.05, 0.1) is 11.6 Å². The molecule has 0 saturated heterocycles. The zero-order chi connectivity index (χ0) is 13.2. The molecule has 0 aliphatic carbocycles. The average molecular weight is 276 g/mol. The smallest absolute Gasteiger partial charge is 0.224 e. The zero-order valence-corrected chi connectivity index (χ0v) is 10.8. The molecule has 1 aromatic carbocycles. The summed E-state index contributed by atoms with van der Waals surface area (Å²) in [5.74, 6) is 1.20. The molecule has 0 fully saturated rings. The quantitative estimate of drug-likeness (QED) is 0.710. The second-order valence-electron chi connectivity index (χ2n) is 3.99. The number of para-hydroxylation sites is 1. The molecule has 2 heterocycles. The monoisotopic (exact) mass is 275 g/mol. The number of benzene rings is 1. The molecule has 8 heteroatoms. The van der Waals surface area contributed by atoms with Crippen molar-refractivity contribution in [2.45, 2.75) is 13.0 Å². The summed E-state index contributed by atoms with van der Waals surface area (Å²) in [5.41, 5.74) is 0.783. The number of anilines is 1. The first kappa shape index (κ1) is 11.8. The fraction of sp³-hybridized carbons (Fsp3) is 0.182. The van der Waals surface area contributed by atoms with E-state index in [1.807, 2.05) is 31.2 Å². The third kappa shape index (κ3) is 2.32. The number of hydrogen-bond donors (Lipinski definition) is 2. The number of nitrogens with zero attached hydrogens (tertiary/aromatic N) is 5. The predicted octanol–water partition coefficient (Wildman–Crippen LogP) is 1.97. The molecule has 2 aromatic heterocycles. The van der Waals surface area contributed by atoms with E-state index in [4.69, 9.17) is 11.6 Å². The Kier molecular flexibility index (Phi) is 2.96. The van der Waals surface area contributed by atoms with E-state index in [1.165, 1.54) is 0 Å². The predicted molar refractivity (Wildman–Crippen MR) is 70.8 cm³/mol. The second-order valence-corrected chi connectivity index (χ2v) is 4.33. The molecule has 3 aromatic rings. The van der Waals surface area contributed by atoms with E-state index >= 15 is 0 Å². The van der Waals surface area contributed by atoms with Crippen LogP contribution in [0, 0.1) is 0 Å². The van der Waals surface area contributed by atoms with Crippen LogP contribution in [0.4, 0.5) is 5.82 Å². The van der Waals surface area contributed by atoms with E-state index in [0.717, 1.165) is 10.9 Å². The molecular weight excluding hydrogens is 266 g/mol. The highest BCUT2D eigenvalue weighted by Crippen LogP contribution is 2.24. The average Bonchev–Trinajstić information content (AvgIpc) is 2.92. The number of rotatable bonds is 3. The van der Waals surface area contributed by atoms with Crippen molar-refractivity contribution in [3.63, 3.8) is 0 Å².